The van der Waals surface area contributed by atoms with Gasteiger partial charge in [0.2, 0.25) is 0 Å². The van der Waals surface area contributed by atoms with Gasteiger partial charge in [0.05, 0.1) is 0 Å². The second-order valence-corrected chi connectivity index (χ2v) is 3.95. The van der Waals surface area contributed by atoms with Crippen LogP contribution in [0.5, 0.6) is 5.75 Å². The zero-order valence-electron chi connectivity index (χ0n) is 7.41. The van der Waals surface area contributed by atoms with Gasteiger partial charge >= 0.3 is 0 Å². The van der Waals surface area contributed by atoms with Crippen molar-refractivity contribution in [1.82, 2.24) is 0 Å². The third kappa shape index (κ3) is 3.18. The Balaban J connectivity index is 2.41. The van der Waals surface area contributed by atoms with E-state index in [0.29, 0.717) is 0 Å². The van der Waals surface area contributed by atoms with Gasteiger partial charge in [-0.15, -0.1) is 11.8 Å². The number of hydrogen-bond acceptors (Lipinski definition) is 2. The molecule has 0 spiro atoms. The van der Waals surface area contributed by atoms with Crippen LogP contribution in [0.2, 0.25) is 0 Å². The number of ether oxygens (including phenoxy) is 1. The summed E-state index contributed by atoms with van der Waals surface area (Å²) >= 11 is 1.79. The SMILES string of the molecule is CCSC(C)Oc1c[c]ccc1. The van der Waals surface area contributed by atoms with Crippen LogP contribution < -0.4 is 4.74 Å². The van der Waals surface area contributed by atoms with E-state index < -0.39 is 0 Å². The van der Waals surface area contributed by atoms with Gasteiger partial charge < -0.3 is 4.74 Å². The summed E-state index contributed by atoms with van der Waals surface area (Å²) in [5, 5.41) is 0. The van der Waals surface area contributed by atoms with Gasteiger partial charge in [-0.2, -0.15) is 0 Å². The molecule has 0 amide bonds. The molecular weight excluding hydrogens is 168 g/mol. The smallest absolute Gasteiger partial charge is 0.141 e. The molecule has 12 heavy (non-hydrogen) atoms. The fourth-order valence-electron chi connectivity index (χ4n) is 0.911. The van der Waals surface area contributed by atoms with Gasteiger partial charge in [-0.1, -0.05) is 19.1 Å². The van der Waals surface area contributed by atoms with Crippen LogP contribution in [0.3, 0.4) is 0 Å². The van der Waals surface area contributed by atoms with Gasteiger partial charge in [0.25, 0.3) is 0 Å². The third-order valence-electron chi connectivity index (χ3n) is 1.38. The average molecular weight is 181 g/mol. The topological polar surface area (TPSA) is 9.23 Å². The quantitative estimate of drug-likeness (QED) is 0.660. The van der Waals surface area contributed by atoms with Crippen LogP contribution in [0.15, 0.2) is 24.3 Å². The standard InChI is InChI=1S/C10H13OS/c1-3-12-9(2)11-10-7-5-4-6-8-10/h4-5,7-9H,3H2,1-2H3. The van der Waals surface area contributed by atoms with E-state index in [0.717, 1.165) is 11.5 Å². The van der Waals surface area contributed by atoms with Crippen LogP contribution in [0, 0.1) is 6.07 Å². The normalized spacial score (nSPS) is 12.5. The summed E-state index contributed by atoms with van der Waals surface area (Å²) in [6, 6.07) is 10.6. The Kier molecular flexibility index (Phi) is 4.01. The Bertz CT molecular complexity index is 210. The number of benzene rings is 1. The highest BCUT2D eigenvalue weighted by Gasteiger charge is 2.00. The first kappa shape index (κ1) is 9.46. The minimum atomic E-state index is 0.228. The van der Waals surface area contributed by atoms with Crippen molar-refractivity contribution in [2.45, 2.75) is 19.3 Å². The third-order valence-corrected chi connectivity index (χ3v) is 2.28. The highest BCUT2D eigenvalue weighted by molar-refractivity contribution is 7.99. The van der Waals surface area contributed by atoms with Crippen molar-refractivity contribution in [3.63, 3.8) is 0 Å². The Labute approximate surface area is 78.1 Å². The van der Waals surface area contributed by atoms with Crippen molar-refractivity contribution in [2.24, 2.45) is 0 Å². The second kappa shape index (κ2) is 5.09. The van der Waals surface area contributed by atoms with Crippen molar-refractivity contribution in [2.75, 3.05) is 5.75 Å². The summed E-state index contributed by atoms with van der Waals surface area (Å²) < 4.78 is 5.59. The number of thioether (sulfide) groups is 1. The zero-order chi connectivity index (χ0) is 8.81. The predicted octanol–water partition coefficient (Wildman–Crippen LogP) is 2.96. The molecule has 0 saturated heterocycles. The molecule has 0 aliphatic carbocycles. The van der Waals surface area contributed by atoms with Crippen LogP contribution in [0.25, 0.3) is 0 Å². The maximum absolute atomic E-state index is 5.59. The first-order chi connectivity index (χ1) is 5.83. The lowest BCUT2D eigenvalue weighted by Crippen LogP contribution is -2.06. The molecule has 0 fully saturated rings. The van der Waals surface area contributed by atoms with Crippen LogP contribution in [-0.2, 0) is 0 Å². The van der Waals surface area contributed by atoms with E-state index in [1.807, 2.05) is 24.3 Å². The summed E-state index contributed by atoms with van der Waals surface area (Å²) in [6.07, 6.45) is 0. The lowest BCUT2D eigenvalue weighted by Gasteiger charge is -2.12. The summed E-state index contributed by atoms with van der Waals surface area (Å²) in [6.45, 7) is 4.18. The molecule has 1 rings (SSSR count). The van der Waals surface area contributed by atoms with Gasteiger partial charge in [-0.25, -0.2) is 0 Å². The number of rotatable bonds is 4. The molecule has 0 aliphatic rings. The van der Waals surface area contributed by atoms with Crippen molar-refractivity contribution < 1.29 is 4.74 Å². The molecule has 0 aliphatic heterocycles. The molecule has 1 atom stereocenters. The van der Waals surface area contributed by atoms with Gasteiger partial charge in [0.1, 0.15) is 11.2 Å². The van der Waals surface area contributed by atoms with Crippen LogP contribution >= 0.6 is 11.8 Å². The molecule has 0 N–H and O–H groups in total. The van der Waals surface area contributed by atoms with E-state index in [1.54, 1.807) is 11.8 Å². The largest absolute Gasteiger partial charge is 0.480 e. The van der Waals surface area contributed by atoms with Crippen molar-refractivity contribution in [3.8, 4) is 5.75 Å². The summed E-state index contributed by atoms with van der Waals surface area (Å²) in [4.78, 5) is 0. The maximum atomic E-state index is 5.59. The van der Waals surface area contributed by atoms with E-state index in [9.17, 15) is 0 Å². The molecule has 0 bridgehead atoms. The molecular formula is C10H13OS. The molecule has 0 heterocycles. The molecule has 1 nitrogen and oxygen atoms in total. The Morgan fingerprint density at radius 2 is 2.50 bits per heavy atom. The van der Waals surface area contributed by atoms with Crippen LogP contribution in [0.1, 0.15) is 13.8 Å². The van der Waals surface area contributed by atoms with Gasteiger partial charge in [0.15, 0.2) is 0 Å². The Morgan fingerprint density at radius 1 is 1.67 bits per heavy atom. The second-order valence-electron chi connectivity index (χ2n) is 2.38. The van der Waals surface area contributed by atoms with Crippen LogP contribution in [-0.4, -0.2) is 11.2 Å². The molecule has 1 unspecified atom stereocenters. The van der Waals surface area contributed by atoms with Gasteiger partial charge in [-0.3, -0.25) is 0 Å². The summed E-state index contributed by atoms with van der Waals surface area (Å²) in [5.41, 5.74) is 0.228. The lowest BCUT2D eigenvalue weighted by atomic mass is 10.3. The predicted molar refractivity (Wildman–Crippen MR) is 53.5 cm³/mol. The van der Waals surface area contributed by atoms with E-state index in [1.165, 1.54) is 0 Å². The zero-order valence-corrected chi connectivity index (χ0v) is 8.23. The molecule has 1 aromatic carbocycles. The van der Waals surface area contributed by atoms with Crippen molar-refractivity contribution in [3.05, 3.63) is 30.3 Å². The lowest BCUT2D eigenvalue weighted by molar-refractivity contribution is 0.308. The van der Waals surface area contributed by atoms with Gasteiger partial charge in [-0.05, 0) is 30.9 Å². The fourth-order valence-corrected chi connectivity index (χ4v) is 1.56. The molecule has 65 valence electrons. The van der Waals surface area contributed by atoms with E-state index >= 15 is 0 Å². The van der Waals surface area contributed by atoms with E-state index in [-0.39, 0.29) is 5.44 Å². The Hall–Kier alpha value is -0.630. The highest BCUT2D eigenvalue weighted by Crippen LogP contribution is 2.16. The number of hydrogen-bond donors (Lipinski definition) is 0. The molecule has 2 heteroatoms. The summed E-state index contributed by atoms with van der Waals surface area (Å²) in [5.74, 6) is 1.98. The molecule has 1 radical (unpaired) electrons. The molecule has 0 aromatic heterocycles. The minimum absolute atomic E-state index is 0.228. The summed E-state index contributed by atoms with van der Waals surface area (Å²) in [7, 11) is 0. The monoisotopic (exact) mass is 181 g/mol. The van der Waals surface area contributed by atoms with Crippen LogP contribution in [0.4, 0.5) is 0 Å². The van der Waals surface area contributed by atoms with E-state index in [4.69, 9.17) is 4.74 Å². The molecule has 0 saturated carbocycles. The maximum Gasteiger partial charge on any atom is 0.141 e. The van der Waals surface area contributed by atoms with Crippen molar-refractivity contribution >= 4 is 11.8 Å². The Morgan fingerprint density at radius 3 is 3.08 bits per heavy atom. The first-order valence-corrected chi connectivity index (χ1v) is 5.12. The molecule has 1 aromatic rings. The van der Waals surface area contributed by atoms with E-state index in [2.05, 4.69) is 19.9 Å². The van der Waals surface area contributed by atoms with Crippen molar-refractivity contribution in [1.29, 1.82) is 0 Å². The average Bonchev–Trinajstić information content (AvgIpc) is 2.06. The van der Waals surface area contributed by atoms with Gasteiger partial charge in [0, 0.05) is 0 Å². The highest BCUT2D eigenvalue weighted by atomic mass is 32.2. The minimum Gasteiger partial charge on any atom is -0.480 e. The first-order valence-electron chi connectivity index (χ1n) is 4.07. The fraction of sp³-hybridized carbons (Fsp3) is 0.400.